The third kappa shape index (κ3) is 3.36. The van der Waals surface area contributed by atoms with Crippen LogP contribution in [0.2, 0.25) is 0 Å². The fourth-order valence-electron chi connectivity index (χ4n) is 0.419. The predicted octanol–water partition coefficient (Wildman–Crippen LogP) is 1.80. The van der Waals surface area contributed by atoms with E-state index in [1.807, 2.05) is 0 Å². The zero-order valence-corrected chi connectivity index (χ0v) is 9.23. The lowest BCUT2D eigenvalue weighted by atomic mass is 10.0. The molecular weight excluding hydrogens is 190 g/mol. The Labute approximate surface area is 83.9 Å². The molecule has 13 heavy (non-hydrogen) atoms. The van der Waals surface area contributed by atoms with Crippen molar-refractivity contribution in [2.75, 3.05) is 0 Å². The van der Waals surface area contributed by atoms with Gasteiger partial charge in [0.15, 0.2) is 0 Å². The molecule has 0 amide bonds. The van der Waals surface area contributed by atoms with Crippen molar-refractivity contribution in [1.82, 2.24) is 0 Å². The maximum Gasteiger partial charge on any atom is 0.333 e. The van der Waals surface area contributed by atoms with Crippen LogP contribution in [0.5, 0.6) is 0 Å². The first-order valence-electron chi connectivity index (χ1n) is 3.94. The number of carbonyl (C=O) groups excluding carboxylic acids is 1. The average Bonchev–Trinajstić information content (AvgIpc) is 1.83. The Morgan fingerprint density at radius 3 is 2.08 bits per heavy atom. The summed E-state index contributed by atoms with van der Waals surface area (Å²) in [5, 5.41) is 0. The summed E-state index contributed by atoms with van der Waals surface area (Å²) in [4.78, 5) is 10.1. The molecular formula is C9H16ClNO2. The smallest absolute Gasteiger partial charge is 0.333 e. The predicted molar refractivity (Wildman–Crippen MR) is 53.4 cm³/mol. The number of esters is 1. The highest BCUT2D eigenvalue weighted by Gasteiger charge is 2.39. The molecule has 0 aliphatic heterocycles. The van der Waals surface area contributed by atoms with Crippen LogP contribution in [0.25, 0.3) is 0 Å². The fourth-order valence-corrected chi connectivity index (χ4v) is 0.457. The highest BCUT2D eigenvalue weighted by molar-refractivity contribution is 6.24. The summed E-state index contributed by atoms with van der Waals surface area (Å²) < 4.78 is 5.07. The summed E-state index contributed by atoms with van der Waals surface area (Å²) in [6, 6.07) is 0. The van der Waals surface area contributed by atoms with Crippen LogP contribution in [0.3, 0.4) is 0 Å². The number of nitrogens with two attached hydrogens (primary N) is 1. The van der Waals surface area contributed by atoms with Crippen molar-refractivity contribution >= 4 is 17.6 Å². The molecule has 0 aromatic heterocycles. The summed E-state index contributed by atoms with van der Waals surface area (Å²) in [5.41, 5.74) is 5.02. The standard InChI is InChI=1S/C9H16ClNO2/c1-6(2)7(12)13-8(3,4)9(5,10)11/h1,11H2,2-5H3. The molecule has 0 aromatic carbocycles. The monoisotopic (exact) mass is 205 g/mol. The van der Waals surface area contributed by atoms with Crippen LogP contribution in [0.4, 0.5) is 0 Å². The number of ether oxygens (including phenoxy) is 1. The summed E-state index contributed by atoms with van der Waals surface area (Å²) in [6.45, 7) is 9.92. The maximum absolute atomic E-state index is 11.2. The number of hydrogen-bond acceptors (Lipinski definition) is 3. The van der Waals surface area contributed by atoms with Crippen LogP contribution in [0.15, 0.2) is 12.2 Å². The zero-order chi connectivity index (χ0) is 10.9. The van der Waals surface area contributed by atoms with E-state index in [0.29, 0.717) is 5.57 Å². The van der Waals surface area contributed by atoms with Crippen molar-refractivity contribution in [1.29, 1.82) is 0 Å². The molecule has 0 heterocycles. The van der Waals surface area contributed by atoms with Crippen molar-refractivity contribution in [3.8, 4) is 0 Å². The van der Waals surface area contributed by atoms with Crippen molar-refractivity contribution in [3.05, 3.63) is 12.2 Å². The van der Waals surface area contributed by atoms with Gasteiger partial charge < -0.3 is 10.5 Å². The summed E-state index contributed by atoms with van der Waals surface area (Å²) in [6.07, 6.45) is 0. The van der Waals surface area contributed by atoms with Gasteiger partial charge in [0.25, 0.3) is 0 Å². The quantitative estimate of drug-likeness (QED) is 0.331. The first kappa shape index (κ1) is 12.5. The number of rotatable bonds is 3. The molecule has 0 saturated carbocycles. The molecule has 0 aliphatic carbocycles. The van der Waals surface area contributed by atoms with Gasteiger partial charge in [-0.25, -0.2) is 4.79 Å². The van der Waals surface area contributed by atoms with Crippen LogP contribution in [0, 0.1) is 0 Å². The Bertz CT molecular complexity index is 228. The highest BCUT2D eigenvalue weighted by atomic mass is 35.5. The Morgan fingerprint density at radius 1 is 1.46 bits per heavy atom. The molecule has 3 nitrogen and oxygen atoms in total. The second kappa shape index (κ2) is 3.68. The molecule has 0 saturated heterocycles. The van der Waals surface area contributed by atoms with E-state index in [4.69, 9.17) is 22.1 Å². The van der Waals surface area contributed by atoms with Gasteiger partial charge in [-0.15, -0.1) is 0 Å². The highest BCUT2D eigenvalue weighted by Crippen LogP contribution is 2.27. The molecule has 0 spiro atoms. The molecule has 4 heteroatoms. The number of carbonyl (C=O) groups is 1. The van der Waals surface area contributed by atoms with Gasteiger partial charge in [0.1, 0.15) is 10.6 Å². The van der Waals surface area contributed by atoms with Crippen molar-refractivity contribution < 1.29 is 9.53 Å². The van der Waals surface area contributed by atoms with E-state index in [2.05, 4.69) is 6.58 Å². The molecule has 0 fully saturated rings. The lowest BCUT2D eigenvalue weighted by molar-refractivity contribution is -0.154. The Kier molecular flexibility index (Phi) is 3.53. The summed E-state index contributed by atoms with van der Waals surface area (Å²) in [5.74, 6) is -0.484. The molecule has 0 bridgehead atoms. The number of hydrogen-bond donors (Lipinski definition) is 1. The molecule has 1 atom stereocenters. The van der Waals surface area contributed by atoms with Gasteiger partial charge in [0, 0.05) is 5.57 Å². The van der Waals surface area contributed by atoms with E-state index in [1.54, 1.807) is 27.7 Å². The van der Waals surface area contributed by atoms with E-state index in [1.165, 1.54) is 0 Å². The van der Waals surface area contributed by atoms with Crippen molar-refractivity contribution in [3.63, 3.8) is 0 Å². The van der Waals surface area contributed by atoms with Crippen LogP contribution in [-0.2, 0) is 9.53 Å². The van der Waals surface area contributed by atoms with E-state index < -0.39 is 16.6 Å². The van der Waals surface area contributed by atoms with E-state index in [-0.39, 0.29) is 0 Å². The van der Waals surface area contributed by atoms with E-state index in [9.17, 15) is 4.79 Å². The zero-order valence-electron chi connectivity index (χ0n) is 8.48. The van der Waals surface area contributed by atoms with Crippen molar-refractivity contribution in [2.45, 2.75) is 38.3 Å². The first-order valence-corrected chi connectivity index (χ1v) is 4.32. The minimum atomic E-state index is -1.10. The van der Waals surface area contributed by atoms with Gasteiger partial charge in [-0.05, 0) is 27.7 Å². The largest absolute Gasteiger partial charge is 0.453 e. The lowest BCUT2D eigenvalue weighted by Crippen LogP contribution is -2.53. The third-order valence-electron chi connectivity index (χ3n) is 1.87. The Morgan fingerprint density at radius 2 is 1.85 bits per heavy atom. The van der Waals surface area contributed by atoms with Gasteiger partial charge in [-0.3, -0.25) is 0 Å². The van der Waals surface area contributed by atoms with Crippen LogP contribution in [0.1, 0.15) is 27.7 Å². The topological polar surface area (TPSA) is 52.3 Å². The number of halogens is 1. The Balaban J connectivity index is 4.53. The summed E-state index contributed by atoms with van der Waals surface area (Å²) >= 11 is 5.84. The van der Waals surface area contributed by atoms with E-state index in [0.717, 1.165) is 0 Å². The normalized spacial score (nSPS) is 16.2. The molecule has 2 N–H and O–H groups in total. The Hall–Kier alpha value is -0.540. The fraction of sp³-hybridized carbons (Fsp3) is 0.667. The molecule has 1 unspecified atom stereocenters. The minimum Gasteiger partial charge on any atom is -0.453 e. The van der Waals surface area contributed by atoms with Gasteiger partial charge in [0.05, 0.1) is 0 Å². The number of alkyl halides is 1. The minimum absolute atomic E-state index is 0.328. The SMILES string of the molecule is C=C(C)C(=O)OC(C)(C)C(C)(N)Cl. The lowest BCUT2D eigenvalue weighted by Gasteiger charge is -2.35. The first-order chi connectivity index (χ1) is 5.58. The maximum atomic E-state index is 11.2. The second-order valence-electron chi connectivity index (χ2n) is 3.76. The van der Waals surface area contributed by atoms with Crippen LogP contribution in [-0.4, -0.2) is 16.6 Å². The molecule has 0 radical (unpaired) electrons. The van der Waals surface area contributed by atoms with Gasteiger partial charge in [0.2, 0.25) is 0 Å². The van der Waals surface area contributed by atoms with E-state index >= 15 is 0 Å². The molecule has 0 rings (SSSR count). The van der Waals surface area contributed by atoms with Gasteiger partial charge >= 0.3 is 5.97 Å². The third-order valence-corrected chi connectivity index (χ3v) is 2.33. The second-order valence-corrected chi connectivity index (χ2v) is 4.54. The molecule has 76 valence electrons. The van der Waals surface area contributed by atoms with Gasteiger partial charge in [-0.1, -0.05) is 18.2 Å². The average molecular weight is 206 g/mol. The van der Waals surface area contributed by atoms with Crippen LogP contribution >= 0.6 is 11.6 Å². The van der Waals surface area contributed by atoms with Crippen LogP contribution < -0.4 is 5.73 Å². The molecule has 0 aliphatic rings. The molecule has 0 aromatic rings. The van der Waals surface area contributed by atoms with Crippen molar-refractivity contribution in [2.24, 2.45) is 5.73 Å². The van der Waals surface area contributed by atoms with Gasteiger partial charge in [-0.2, -0.15) is 0 Å². The summed E-state index contributed by atoms with van der Waals surface area (Å²) in [7, 11) is 0.